The van der Waals surface area contributed by atoms with Crippen molar-refractivity contribution in [1.29, 1.82) is 0 Å². The van der Waals surface area contributed by atoms with Crippen LogP contribution in [0.15, 0.2) is 29.6 Å². The van der Waals surface area contributed by atoms with E-state index in [0.717, 1.165) is 34.9 Å². The summed E-state index contributed by atoms with van der Waals surface area (Å²) < 4.78 is 1.15. The first-order chi connectivity index (χ1) is 10.2. The molecule has 0 spiro atoms. The second-order valence-electron chi connectivity index (χ2n) is 6.11. The van der Waals surface area contributed by atoms with Crippen LogP contribution in [0, 0.1) is 5.92 Å². The molecule has 21 heavy (non-hydrogen) atoms. The molecule has 3 nitrogen and oxygen atoms in total. The van der Waals surface area contributed by atoms with Gasteiger partial charge in [0.1, 0.15) is 0 Å². The Bertz CT molecular complexity index is 651. The fourth-order valence-corrected chi connectivity index (χ4v) is 4.34. The quantitative estimate of drug-likeness (QED) is 0.911. The molecular weight excluding hydrogens is 280 g/mol. The summed E-state index contributed by atoms with van der Waals surface area (Å²) in [5.41, 5.74) is 6.57. The lowest BCUT2D eigenvalue weighted by molar-refractivity contribution is 0.0815. The van der Waals surface area contributed by atoms with Crippen LogP contribution in [0.4, 0.5) is 0 Å². The summed E-state index contributed by atoms with van der Waals surface area (Å²) in [4.78, 5) is 12.7. The fourth-order valence-electron chi connectivity index (χ4n) is 3.40. The Morgan fingerprint density at radius 2 is 2.24 bits per heavy atom. The number of thiophene rings is 1. The van der Waals surface area contributed by atoms with Crippen LogP contribution in [0.2, 0.25) is 0 Å². The number of nitrogens with two attached hydrogens (primary N) is 1. The average Bonchev–Trinajstić information content (AvgIpc) is 2.94. The summed E-state index contributed by atoms with van der Waals surface area (Å²) in [7, 11) is 0. The van der Waals surface area contributed by atoms with Crippen LogP contribution < -0.4 is 11.1 Å². The van der Waals surface area contributed by atoms with Gasteiger partial charge in [0.25, 0.3) is 5.91 Å². The largest absolute Gasteiger partial charge is 0.345 e. The van der Waals surface area contributed by atoms with E-state index in [1.54, 1.807) is 11.3 Å². The third-order valence-corrected chi connectivity index (χ3v) is 5.87. The monoisotopic (exact) mass is 302 g/mol. The summed E-state index contributed by atoms with van der Waals surface area (Å²) >= 11 is 1.62. The molecule has 2 unspecified atom stereocenters. The number of carbonyl (C=O) groups is 1. The Morgan fingerprint density at radius 1 is 1.43 bits per heavy atom. The smallest absolute Gasteiger partial charge is 0.253 e. The van der Waals surface area contributed by atoms with Gasteiger partial charge in [0.15, 0.2) is 0 Å². The lowest BCUT2D eigenvalue weighted by Gasteiger charge is -2.42. The van der Waals surface area contributed by atoms with Crippen LogP contribution >= 0.6 is 11.3 Å². The van der Waals surface area contributed by atoms with E-state index in [2.05, 4.69) is 18.3 Å². The molecule has 1 aliphatic rings. The van der Waals surface area contributed by atoms with Crippen molar-refractivity contribution in [3.63, 3.8) is 0 Å². The number of carbonyl (C=O) groups excluding carboxylic acids is 1. The van der Waals surface area contributed by atoms with Gasteiger partial charge in [-0.25, -0.2) is 0 Å². The SMILES string of the molecule is CC1CCCCC1(CN)NC(=O)c1csc2ccccc12. The van der Waals surface area contributed by atoms with Gasteiger partial charge in [0, 0.05) is 22.0 Å². The predicted octanol–water partition coefficient (Wildman–Crippen LogP) is 3.54. The van der Waals surface area contributed by atoms with Crippen molar-refractivity contribution in [2.75, 3.05) is 6.54 Å². The van der Waals surface area contributed by atoms with Gasteiger partial charge in [-0.2, -0.15) is 0 Å². The van der Waals surface area contributed by atoms with Crippen molar-refractivity contribution < 1.29 is 4.79 Å². The molecular formula is C17H22N2OS. The van der Waals surface area contributed by atoms with Crippen LogP contribution in [0.3, 0.4) is 0 Å². The summed E-state index contributed by atoms with van der Waals surface area (Å²) in [5.74, 6) is 0.455. The van der Waals surface area contributed by atoms with Gasteiger partial charge in [0.2, 0.25) is 0 Å². The molecule has 1 amide bonds. The maximum atomic E-state index is 12.7. The lowest BCUT2D eigenvalue weighted by atomic mass is 9.73. The Balaban J connectivity index is 1.88. The molecule has 3 N–H and O–H groups in total. The van der Waals surface area contributed by atoms with Crippen molar-refractivity contribution in [1.82, 2.24) is 5.32 Å². The first kappa shape index (κ1) is 14.5. The van der Waals surface area contributed by atoms with Crippen molar-refractivity contribution in [3.8, 4) is 0 Å². The topological polar surface area (TPSA) is 55.1 Å². The van der Waals surface area contributed by atoms with Crippen LogP contribution in [0.5, 0.6) is 0 Å². The zero-order chi connectivity index (χ0) is 14.9. The molecule has 3 rings (SSSR count). The standard InChI is InChI=1S/C17H22N2OS/c1-12-6-4-5-9-17(12,11-18)19-16(20)14-10-21-15-8-3-2-7-13(14)15/h2-3,7-8,10,12H,4-6,9,11,18H2,1H3,(H,19,20). The van der Waals surface area contributed by atoms with Crippen LogP contribution in [-0.4, -0.2) is 18.0 Å². The van der Waals surface area contributed by atoms with E-state index in [0.29, 0.717) is 12.5 Å². The highest BCUT2D eigenvalue weighted by Crippen LogP contribution is 2.34. The van der Waals surface area contributed by atoms with Gasteiger partial charge in [-0.15, -0.1) is 11.3 Å². The Morgan fingerprint density at radius 3 is 3.00 bits per heavy atom. The first-order valence-corrected chi connectivity index (χ1v) is 8.53. The predicted molar refractivity (Wildman–Crippen MR) is 88.7 cm³/mol. The highest BCUT2D eigenvalue weighted by Gasteiger charge is 2.38. The number of fused-ring (bicyclic) bond motifs is 1. The Kier molecular flexibility index (Phi) is 4.00. The number of hydrogen-bond acceptors (Lipinski definition) is 3. The highest BCUT2D eigenvalue weighted by atomic mass is 32.1. The van der Waals surface area contributed by atoms with Gasteiger partial charge in [-0.05, 0) is 24.8 Å². The molecule has 0 bridgehead atoms. The van der Waals surface area contributed by atoms with Crippen LogP contribution in [0.25, 0.3) is 10.1 Å². The molecule has 1 saturated carbocycles. The van der Waals surface area contributed by atoms with E-state index in [1.165, 1.54) is 6.42 Å². The van der Waals surface area contributed by atoms with Gasteiger partial charge < -0.3 is 11.1 Å². The Hall–Kier alpha value is -1.39. The zero-order valence-electron chi connectivity index (χ0n) is 12.4. The van der Waals surface area contributed by atoms with Crippen molar-refractivity contribution >= 4 is 27.3 Å². The Labute approximate surface area is 129 Å². The van der Waals surface area contributed by atoms with E-state index in [1.807, 2.05) is 23.6 Å². The zero-order valence-corrected chi connectivity index (χ0v) is 13.2. The molecule has 0 saturated heterocycles. The molecule has 0 aliphatic heterocycles. The summed E-state index contributed by atoms with van der Waals surface area (Å²) in [6, 6.07) is 8.05. The van der Waals surface area contributed by atoms with E-state index in [-0.39, 0.29) is 11.4 Å². The molecule has 2 aromatic rings. The second kappa shape index (κ2) is 5.78. The summed E-state index contributed by atoms with van der Waals surface area (Å²) in [6.07, 6.45) is 4.51. The molecule has 1 aliphatic carbocycles. The molecule has 2 atom stereocenters. The number of rotatable bonds is 3. The van der Waals surface area contributed by atoms with Crippen molar-refractivity contribution in [2.24, 2.45) is 11.7 Å². The van der Waals surface area contributed by atoms with Crippen LogP contribution in [0.1, 0.15) is 43.0 Å². The molecule has 4 heteroatoms. The number of amides is 1. The highest BCUT2D eigenvalue weighted by molar-refractivity contribution is 7.17. The molecule has 1 aromatic carbocycles. The minimum atomic E-state index is -0.238. The molecule has 1 heterocycles. The fraction of sp³-hybridized carbons (Fsp3) is 0.471. The minimum Gasteiger partial charge on any atom is -0.345 e. The number of nitrogens with one attached hydrogen (secondary N) is 1. The van der Waals surface area contributed by atoms with Gasteiger partial charge in [-0.1, -0.05) is 38.0 Å². The normalized spacial score (nSPS) is 25.9. The van der Waals surface area contributed by atoms with Gasteiger partial charge >= 0.3 is 0 Å². The maximum Gasteiger partial charge on any atom is 0.253 e. The van der Waals surface area contributed by atoms with E-state index in [9.17, 15) is 4.79 Å². The second-order valence-corrected chi connectivity index (χ2v) is 7.02. The van der Waals surface area contributed by atoms with Crippen molar-refractivity contribution in [3.05, 3.63) is 35.2 Å². The van der Waals surface area contributed by atoms with Gasteiger partial charge in [-0.3, -0.25) is 4.79 Å². The minimum absolute atomic E-state index is 0.0200. The number of hydrogen-bond donors (Lipinski definition) is 2. The van der Waals surface area contributed by atoms with Crippen molar-refractivity contribution in [2.45, 2.75) is 38.1 Å². The third-order valence-electron chi connectivity index (χ3n) is 4.91. The van der Waals surface area contributed by atoms with E-state index in [4.69, 9.17) is 5.73 Å². The summed E-state index contributed by atoms with van der Waals surface area (Å²) in [6.45, 7) is 2.72. The van der Waals surface area contributed by atoms with Crippen LogP contribution in [-0.2, 0) is 0 Å². The summed E-state index contributed by atoms with van der Waals surface area (Å²) in [5, 5.41) is 6.26. The van der Waals surface area contributed by atoms with E-state index < -0.39 is 0 Å². The average molecular weight is 302 g/mol. The molecule has 1 fully saturated rings. The molecule has 0 radical (unpaired) electrons. The maximum absolute atomic E-state index is 12.7. The first-order valence-electron chi connectivity index (χ1n) is 7.65. The molecule has 112 valence electrons. The van der Waals surface area contributed by atoms with Gasteiger partial charge in [0.05, 0.1) is 11.1 Å². The number of benzene rings is 1. The molecule has 1 aromatic heterocycles. The third kappa shape index (κ3) is 2.58. The van der Waals surface area contributed by atoms with E-state index >= 15 is 0 Å². The lowest BCUT2D eigenvalue weighted by Crippen LogP contribution is -2.59.